The van der Waals surface area contributed by atoms with Crippen molar-refractivity contribution in [1.29, 1.82) is 0 Å². The van der Waals surface area contributed by atoms with Gasteiger partial charge >= 0.3 is 0 Å². The number of nitrogens with zero attached hydrogens (tertiary/aromatic N) is 6. The second-order valence-electron chi connectivity index (χ2n) is 6.73. The lowest BCUT2D eigenvalue weighted by Crippen LogP contribution is -2.27. The summed E-state index contributed by atoms with van der Waals surface area (Å²) < 4.78 is 4.01. The minimum atomic E-state index is 0.690. The molecule has 3 rings (SSSR count). The number of hydrogen-bond donors (Lipinski definition) is 0. The van der Waals surface area contributed by atoms with E-state index in [1.807, 2.05) is 18.7 Å². The van der Waals surface area contributed by atoms with Gasteiger partial charge in [-0.2, -0.15) is 10.2 Å². The Morgan fingerprint density at radius 2 is 1.91 bits per heavy atom. The summed E-state index contributed by atoms with van der Waals surface area (Å²) >= 11 is 0. The van der Waals surface area contributed by atoms with E-state index in [0.717, 1.165) is 49.9 Å². The molecule has 0 radical (unpaired) electrons. The predicted molar refractivity (Wildman–Crippen MR) is 86.4 cm³/mol. The van der Waals surface area contributed by atoms with Gasteiger partial charge in [0.2, 0.25) is 0 Å². The van der Waals surface area contributed by atoms with Gasteiger partial charge in [-0.3, -0.25) is 9.58 Å². The number of aryl methyl sites for hydroxylation is 3. The third-order valence-corrected chi connectivity index (χ3v) is 4.24. The van der Waals surface area contributed by atoms with Gasteiger partial charge < -0.3 is 0 Å². The maximum atomic E-state index is 4.83. The molecule has 3 heterocycles. The molecule has 22 heavy (non-hydrogen) atoms. The molecule has 0 amide bonds. The lowest BCUT2D eigenvalue weighted by molar-refractivity contribution is 0.239. The summed E-state index contributed by atoms with van der Waals surface area (Å²) in [5, 5.41) is 9.19. The maximum Gasteiger partial charge on any atom is 0.178 e. The Hall–Kier alpha value is -1.69. The Labute approximate surface area is 132 Å². The van der Waals surface area contributed by atoms with Crippen molar-refractivity contribution in [3.05, 3.63) is 17.1 Å². The molecule has 0 spiro atoms. The fraction of sp³-hybridized carbons (Fsp3) is 0.688. The minimum absolute atomic E-state index is 0.690. The molecule has 0 saturated heterocycles. The number of aromatic nitrogens is 5. The van der Waals surface area contributed by atoms with Gasteiger partial charge in [0.05, 0.1) is 5.69 Å². The van der Waals surface area contributed by atoms with E-state index in [1.54, 1.807) is 0 Å². The van der Waals surface area contributed by atoms with Crippen molar-refractivity contribution in [3.8, 4) is 11.5 Å². The van der Waals surface area contributed by atoms with Crippen molar-refractivity contribution in [1.82, 2.24) is 29.4 Å². The summed E-state index contributed by atoms with van der Waals surface area (Å²) in [4.78, 5) is 7.08. The second-order valence-corrected chi connectivity index (χ2v) is 6.73. The molecule has 0 fully saturated rings. The molecule has 2 aromatic heterocycles. The summed E-state index contributed by atoms with van der Waals surface area (Å²) in [6.07, 6.45) is 1.15. The number of hydrogen-bond acceptors (Lipinski definition) is 4. The fourth-order valence-electron chi connectivity index (χ4n) is 3.31. The van der Waals surface area contributed by atoms with Gasteiger partial charge in [0.25, 0.3) is 0 Å². The molecular weight excluding hydrogens is 276 g/mol. The highest BCUT2D eigenvalue weighted by Gasteiger charge is 2.23. The van der Waals surface area contributed by atoms with E-state index in [1.165, 1.54) is 11.3 Å². The Morgan fingerprint density at radius 1 is 1.14 bits per heavy atom. The summed E-state index contributed by atoms with van der Waals surface area (Å²) in [7, 11) is 1.93. The number of fused-ring (bicyclic) bond motifs is 1. The van der Waals surface area contributed by atoms with Gasteiger partial charge in [-0.05, 0) is 26.2 Å². The largest absolute Gasteiger partial charge is 0.297 e. The molecule has 0 atom stereocenters. The molecule has 1 aliphatic heterocycles. The molecular formula is C16H26N6. The average Bonchev–Trinajstić information content (AvgIpc) is 2.82. The molecule has 2 aromatic rings. The van der Waals surface area contributed by atoms with Crippen LogP contribution in [0.5, 0.6) is 0 Å². The Bertz CT molecular complexity index is 666. The highest BCUT2D eigenvalue weighted by atomic mass is 15.4. The van der Waals surface area contributed by atoms with E-state index in [0.29, 0.717) is 5.92 Å². The fourth-order valence-corrected chi connectivity index (χ4v) is 3.31. The maximum absolute atomic E-state index is 4.83. The van der Waals surface area contributed by atoms with Crippen molar-refractivity contribution < 1.29 is 0 Å². The zero-order valence-corrected chi connectivity index (χ0v) is 14.3. The van der Waals surface area contributed by atoms with Crippen molar-refractivity contribution in [2.75, 3.05) is 13.1 Å². The van der Waals surface area contributed by atoms with Gasteiger partial charge in [0.1, 0.15) is 11.5 Å². The molecule has 120 valence electrons. The zero-order valence-electron chi connectivity index (χ0n) is 14.3. The summed E-state index contributed by atoms with van der Waals surface area (Å²) in [5.41, 5.74) is 3.55. The van der Waals surface area contributed by atoms with Crippen LogP contribution in [0, 0.1) is 19.8 Å². The molecule has 0 aliphatic carbocycles. The average molecular weight is 302 g/mol. The minimum Gasteiger partial charge on any atom is -0.297 e. The first-order chi connectivity index (χ1) is 10.5. The van der Waals surface area contributed by atoms with E-state index in [9.17, 15) is 0 Å². The summed E-state index contributed by atoms with van der Waals surface area (Å²) in [6.45, 7) is 12.9. The van der Waals surface area contributed by atoms with Crippen molar-refractivity contribution in [2.45, 2.75) is 47.2 Å². The standard InChI is InChI=1S/C16H26N6/c1-11(2)9-21-7-6-8-22-14(10-21)12(3)15(19-22)16-17-13(4)18-20(16)5/h11H,6-10H2,1-5H3. The van der Waals surface area contributed by atoms with E-state index in [2.05, 4.69) is 40.4 Å². The third-order valence-electron chi connectivity index (χ3n) is 4.24. The van der Waals surface area contributed by atoms with Crippen LogP contribution in [0.15, 0.2) is 0 Å². The molecule has 0 aromatic carbocycles. The molecule has 0 N–H and O–H groups in total. The van der Waals surface area contributed by atoms with Gasteiger partial charge in [0, 0.05) is 38.8 Å². The molecule has 0 bridgehead atoms. The normalized spacial score (nSPS) is 16.1. The van der Waals surface area contributed by atoms with Crippen LogP contribution in [0.1, 0.15) is 37.4 Å². The molecule has 0 saturated carbocycles. The van der Waals surface area contributed by atoms with Gasteiger partial charge in [-0.1, -0.05) is 13.8 Å². The van der Waals surface area contributed by atoms with Crippen LogP contribution in [0.2, 0.25) is 0 Å². The van der Waals surface area contributed by atoms with Crippen LogP contribution < -0.4 is 0 Å². The first-order valence-electron chi connectivity index (χ1n) is 8.12. The highest BCUT2D eigenvalue weighted by Crippen LogP contribution is 2.26. The third kappa shape index (κ3) is 2.79. The van der Waals surface area contributed by atoms with Crippen LogP contribution in [-0.4, -0.2) is 42.5 Å². The van der Waals surface area contributed by atoms with Crippen LogP contribution in [-0.2, 0) is 20.1 Å². The second kappa shape index (κ2) is 5.83. The summed E-state index contributed by atoms with van der Waals surface area (Å²) in [6, 6.07) is 0. The summed E-state index contributed by atoms with van der Waals surface area (Å²) in [5.74, 6) is 2.35. The Kier molecular flexibility index (Phi) is 4.04. The van der Waals surface area contributed by atoms with Crippen LogP contribution in [0.25, 0.3) is 11.5 Å². The Balaban J connectivity index is 1.96. The van der Waals surface area contributed by atoms with Crippen LogP contribution in [0.4, 0.5) is 0 Å². The monoisotopic (exact) mass is 302 g/mol. The highest BCUT2D eigenvalue weighted by molar-refractivity contribution is 5.56. The topological polar surface area (TPSA) is 51.8 Å². The van der Waals surface area contributed by atoms with Crippen molar-refractivity contribution >= 4 is 0 Å². The van der Waals surface area contributed by atoms with E-state index in [4.69, 9.17) is 5.10 Å². The zero-order chi connectivity index (χ0) is 15.9. The van der Waals surface area contributed by atoms with E-state index in [-0.39, 0.29) is 0 Å². The van der Waals surface area contributed by atoms with Crippen LogP contribution in [0.3, 0.4) is 0 Å². The lowest BCUT2D eigenvalue weighted by atomic mass is 10.1. The molecule has 0 unspecified atom stereocenters. The SMILES string of the molecule is Cc1nc(-c2nn3c(c2C)CN(CC(C)C)CCC3)n(C)n1. The lowest BCUT2D eigenvalue weighted by Gasteiger charge is -2.21. The first kappa shape index (κ1) is 15.2. The van der Waals surface area contributed by atoms with Crippen LogP contribution >= 0.6 is 0 Å². The van der Waals surface area contributed by atoms with Crippen molar-refractivity contribution in [2.24, 2.45) is 13.0 Å². The first-order valence-corrected chi connectivity index (χ1v) is 8.12. The van der Waals surface area contributed by atoms with Crippen molar-refractivity contribution in [3.63, 3.8) is 0 Å². The quantitative estimate of drug-likeness (QED) is 0.872. The molecule has 6 nitrogen and oxygen atoms in total. The number of rotatable bonds is 3. The molecule has 1 aliphatic rings. The molecule has 6 heteroatoms. The van der Waals surface area contributed by atoms with Gasteiger partial charge in [-0.25, -0.2) is 9.67 Å². The smallest absolute Gasteiger partial charge is 0.178 e. The predicted octanol–water partition coefficient (Wildman–Crippen LogP) is 2.16. The van der Waals surface area contributed by atoms with Gasteiger partial charge in [0.15, 0.2) is 5.82 Å². The van der Waals surface area contributed by atoms with E-state index >= 15 is 0 Å². The Morgan fingerprint density at radius 3 is 2.55 bits per heavy atom. The van der Waals surface area contributed by atoms with Gasteiger partial charge in [-0.15, -0.1) is 0 Å². The van der Waals surface area contributed by atoms with E-state index < -0.39 is 0 Å².